The Kier molecular flexibility index (Phi) is 6.04. The van der Waals surface area contributed by atoms with E-state index in [4.69, 9.17) is 0 Å². The number of hydrogen-bond acceptors (Lipinski definition) is 3. The van der Waals surface area contributed by atoms with Gasteiger partial charge in [0.15, 0.2) is 0 Å². The van der Waals surface area contributed by atoms with Crippen LogP contribution in [-0.2, 0) is 5.41 Å². The maximum atomic E-state index is 10.2. The molecule has 3 aliphatic heterocycles. The zero-order chi connectivity index (χ0) is 29.4. The Labute approximate surface area is 270 Å². The fourth-order valence-corrected chi connectivity index (χ4v) is 11.8. The average Bonchev–Trinajstić information content (AvgIpc) is 3.08. The molecular formula is C39H29BN2SSe. The summed E-state index contributed by atoms with van der Waals surface area (Å²) >= 11 is 2.26. The van der Waals surface area contributed by atoms with E-state index >= 15 is 0 Å². The molecule has 0 spiro atoms. The predicted molar refractivity (Wildman–Crippen MR) is 184 cm³/mol. The third-order valence-electron chi connectivity index (χ3n) is 10.0. The van der Waals surface area contributed by atoms with Crippen molar-refractivity contribution in [3.05, 3.63) is 142 Å². The molecule has 5 heteroatoms. The molecule has 0 amide bonds. The fourth-order valence-electron chi connectivity index (χ4n) is 8.01. The zero-order valence-electron chi connectivity index (χ0n) is 24.5. The third-order valence-corrected chi connectivity index (χ3v) is 13.8. The topological polar surface area (TPSA) is 27.0 Å². The molecule has 2 nitrogen and oxygen atoms in total. The molecule has 0 saturated carbocycles. The molecule has 1 unspecified atom stereocenters. The van der Waals surface area contributed by atoms with Gasteiger partial charge in [-0.3, -0.25) is 0 Å². The molecule has 4 aliphatic rings. The summed E-state index contributed by atoms with van der Waals surface area (Å²) in [6.07, 6.45) is 4.95. The van der Waals surface area contributed by atoms with Gasteiger partial charge in [0, 0.05) is 0 Å². The van der Waals surface area contributed by atoms with Crippen molar-refractivity contribution in [3.8, 4) is 6.07 Å². The van der Waals surface area contributed by atoms with E-state index in [1.54, 1.807) is 4.47 Å². The minimum atomic E-state index is -0.355. The molecule has 1 atom stereocenters. The Morgan fingerprint density at radius 1 is 0.795 bits per heavy atom. The molecule has 0 aromatic heterocycles. The van der Waals surface area contributed by atoms with Crippen molar-refractivity contribution in [3.63, 3.8) is 0 Å². The molecule has 0 radical (unpaired) electrons. The first-order valence-electron chi connectivity index (χ1n) is 15.5. The van der Waals surface area contributed by atoms with Crippen molar-refractivity contribution in [1.29, 1.82) is 5.26 Å². The Morgan fingerprint density at radius 3 is 2.48 bits per heavy atom. The van der Waals surface area contributed by atoms with Crippen molar-refractivity contribution >= 4 is 65.7 Å². The van der Waals surface area contributed by atoms with Gasteiger partial charge in [-0.1, -0.05) is 30.3 Å². The number of hydrogen-bond donors (Lipinski definition) is 0. The first-order valence-corrected chi connectivity index (χ1v) is 18.0. The minimum absolute atomic E-state index is 0.132. The SMILES string of the molecule is CC1(c2ccccc2)c2ccccc2B2c3ccc(N4C5=C(CCCC5)[Se]c5ccccc54)cc3Sc3cc(C#N)cc1c32. The monoisotopic (exact) mass is 648 g/mol. The quantitative estimate of drug-likeness (QED) is 0.202. The molecule has 0 fully saturated rings. The van der Waals surface area contributed by atoms with Crippen molar-refractivity contribution in [1.82, 2.24) is 0 Å². The number of fused-ring (bicyclic) bond motifs is 5. The molecular weight excluding hydrogens is 618 g/mol. The Morgan fingerprint density at radius 2 is 1.59 bits per heavy atom. The van der Waals surface area contributed by atoms with Crippen LogP contribution in [0.3, 0.4) is 0 Å². The van der Waals surface area contributed by atoms with Gasteiger partial charge in [-0.15, -0.1) is 0 Å². The summed E-state index contributed by atoms with van der Waals surface area (Å²) in [5.41, 5.74) is 12.5. The van der Waals surface area contributed by atoms with Gasteiger partial charge in [-0.2, -0.15) is 0 Å². The van der Waals surface area contributed by atoms with E-state index in [1.165, 1.54) is 83.7 Å². The molecule has 5 aromatic rings. The first-order chi connectivity index (χ1) is 21.6. The van der Waals surface area contributed by atoms with Gasteiger partial charge in [0.1, 0.15) is 0 Å². The van der Waals surface area contributed by atoms with Crippen LogP contribution in [0.5, 0.6) is 0 Å². The number of nitrogens with zero attached hydrogens (tertiary/aromatic N) is 2. The Balaban J connectivity index is 1.26. The van der Waals surface area contributed by atoms with E-state index in [1.807, 2.05) is 11.8 Å². The Bertz CT molecular complexity index is 2080. The van der Waals surface area contributed by atoms with Crippen LogP contribution in [-0.4, -0.2) is 21.7 Å². The van der Waals surface area contributed by atoms with E-state index < -0.39 is 0 Å². The number of rotatable bonds is 2. The molecule has 0 N–H and O–H groups in total. The first kappa shape index (κ1) is 26.5. The number of anilines is 2. The van der Waals surface area contributed by atoms with Crippen LogP contribution in [0.25, 0.3) is 0 Å². The number of allylic oxidation sites excluding steroid dienone is 2. The standard InChI is InChI=1S/C39H29BN2SSe/c1-39(26-11-3-2-4-12-26)28-13-5-6-14-30(28)40-31-20-19-27(23-34(31)43-35-22-25(24-41)21-29(39)38(35)40)42-32-15-7-9-17-36(32)44-37-18-10-8-16-33(37)42/h2-7,9,11-15,17,19-23H,8,10,16,18H2,1H3. The number of nitriles is 1. The van der Waals surface area contributed by atoms with Crippen LogP contribution >= 0.6 is 11.8 Å². The van der Waals surface area contributed by atoms with Gasteiger partial charge in [-0.05, 0) is 0 Å². The number of benzene rings is 5. The molecule has 0 saturated heterocycles. The van der Waals surface area contributed by atoms with Crippen LogP contribution in [0.2, 0.25) is 0 Å². The summed E-state index contributed by atoms with van der Waals surface area (Å²) in [7, 11) is 0. The van der Waals surface area contributed by atoms with Crippen LogP contribution in [0.15, 0.2) is 129 Å². The molecule has 210 valence electrons. The maximum absolute atomic E-state index is 10.2. The molecule has 1 aliphatic carbocycles. The normalized spacial score (nSPS) is 19.3. The third kappa shape index (κ3) is 3.75. The summed E-state index contributed by atoms with van der Waals surface area (Å²) in [5.74, 6) is 0. The second-order valence-corrected chi connectivity index (χ2v) is 15.8. The van der Waals surface area contributed by atoms with Gasteiger partial charge in [0.25, 0.3) is 0 Å². The Hall–Kier alpha value is -3.94. The summed E-state index contributed by atoms with van der Waals surface area (Å²) in [5, 5.41) is 10.2. The van der Waals surface area contributed by atoms with Gasteiger partial charge in [0.2, 0.25) is 0 Å². The summed E-state index contributed by atoms with van der Waals surface area (Å²) in [4.78, 5) is 5.08. The second kappa shape index (κ2) is 10.0. The summed E-state index contributed by atoms with van der Waals surface area (Å²) in [6.45, 7) is 2.48. The molecule has 0 bridgehead atoms. The van der Waals surface area contributed by atoms with Crippen molar-refractivity contribution < 1.29 is 0 Å². The van der Waals surface area contributed by atoms with E-state index in [-0.39, 0.29) is 12.1 Å². The predicted octanol–water partition coefficient (Wildman–Crippen LogP) is 6.47. The van der Waals surface area contributed by atoms with Crippen molar-refractivity contribution in [2.75, 3.05) is 4.90 Å². The fraction of sp³-hybridized carbons (Fsp3) is 0.154. The van der Waals surface area contributed by atoms with Crippen molar-refractivity contribution in [2.45, 2.75) is 47.8 Å². The van der Waals surface area contributed by atoms with Gasteiger partial charge in [-0.25, -0.2) is 0 Å². The summed E-state index contributed by atoms with van der Waals surface area (Å²) in [6, 6.07) is 42.9. The molecule has 44 heavy (non-hydrogen) atoms. The van der Waals surface area contributed by atoms with Crippen LogP contribution in [0, 0.1) is 11.3 Å². The van der Waals surface area contributed by atoms with Crippen molar-refractivity contribution in [2.24, 2.45) is 0 Å². The average molecular weight is 648 g/mol. The molecule has 5 aromatic carbocycles. The van der Waals surface area contributed by atoms with E-state index in [2.05, 4.69) is 127 Å². The van der Waals surface area contributed by atoms with Gasteiger partial charge < -0.3 is 0 Å². The zero-order valence-corrected chi connectivity index (χ0v) is 27.0. The van der Waals surface area contributed by atoms with E-state index in [0.29, 0.717) is 15.0 Å². The van der Waals surface area contributed by atoms with Crippen LogP contribution < -0.4 is 25.8 Å². The molecule has 3 heterocycles. The van der Waals surface area contributed by atoms with Gasteiger partial charge in [0.05, 0.1) is 0 Å². The second-order valence-electron chi connectivity index (χ2n) is 12.4. The van der Waals surface area contributed by atoms with Gasteiger partial charge >= 0.3 is 241 Å². The van der Waals surface area contributed by atoms with E-state index in [0.717, 1.165) is 12.0 Å². The van der Waals surface area contributed by atoms with Crippen LogP contribution in [0.1, 0.15) is 54.9 Å². The van der Waals surface area contributed by atoms with Crippen LogP contribution in [0.4, 0.5) is 11.4 Å². The number of para-hydroxylation sites is 1. The summed E-state index contributed by atoms with van der Waals surface area (Å²) < 4.78 is 3.16. The molecule has 9 rings (SSSR count). The van der Waals surface area contributed by atoms with E-state index in [9.17, 15) is 5.26 Å².